The number of aliphatic hydroxyl groups excluding tert-OH is 1. The van der Waals surface area contributed by atoms with Gasteiger partial charge in [-0.3, -0.25) is 0 Å². The molecule has 0 fully saturated rings. The summed E-state index contributed by atoms with van der Waals surface area (Å²) in [5.41, 5.74) is 0.0166. The fourth-order valence-electron chi connectivity index (χ4n) is 1.04. The van der Waals surface area contributed by atoms with Crippen LogP contribution >= 0.6 is 15.9 Å². The Labute approximate surface area is 93.9 Å². The number of nitrogens with one attached hydrogen (secondary N) is 1. The summed E-state index contributed by atoms with van der Waals surface area (Å²) in [7, 11) is 0. The molecule has 4 nitrogen and oxygen atoms in total. The third-order valence-electron chi connectivity index (χ3n) is 1.71. The van der Waals surface area contributed by atoms with Crippen LogP contribution in [0.5, 0.6) is 0 Å². The minimum Gasteiger partial charge on any atom is -0.478 e. The molecule has 15 heavy (non-hydrogen) atoms. The fourth-order valence-corrected chi connectivity index (χ4v) is 1.55. The number of aromatic carboxylic acids is 1. The van der Waals surface area contributed by atoms with E-state index >= 15 is 0 Å². The van der Waals surface area contributed by atoms with Crippen LogP contribution in [0.1, 0.15) is 10.4 Å². The van der Waals surface area contributed by atoms with Crippen molar-refractivity contribution in [3.8, 4) is 0 Å². The van der Waals surface area contributed by atoms with Crippen LogP contribution in [0.3, 0.4) is 0 Å². The molecule has 1 rings (SSSR count). The van der Waals surface area contributed by atoms with Gasteiger partial charge in [-0.2, -0.15) is 0 Å². The summed E-state index contributed by atoms with van der Waals surface area (Å²) in [6, 6.07) is 2.25. The summed E-state index contributed by atoms with van der Waals surface area (Å²) in [5, 5.41) is 19.9. The zero-order chi connectivity index (χ0) is 11.4. The number of anilines is 1. The first-order chi connectivity index (χ1) is 7.06. The molecule has 0 saturated heterocycles. The van der Waals surface area contributed by atoms with Gasteiger partial charge in [0, 0.05) is 11.0 Å². The van der Waals surface area contributed by atoms with Crippen LogP contribution in [0.4, 0.5) is 10.1 Å². The van der Waals surface area contributed by atoms with E-state index in [4.69, 9.17) is 10.2 Å². The Hall–Kier alpha value is -1.14. The van der Waals surface area contributed by atoms with Gasteiger partial charge < -0.3 is 15.5 Å². The van der Waals surface area contributed by atoms with Crippen molar-refractivity contribution < 1.29 is 19.4 Å². The molecule has 1 aromatic rings. The summed E-state index contributed by atoms with van der Waals surface area (Å²) in [4.78, 5) is 10.6. The lowest BCUT2D eigenvalue weighted by Crippen LogP contribution is -2.08. The van der Waals surface area contributed by atoms with Gasteiger partial charge in [-0.05, 0) is 28.1 Å². The van der Waals surface area contributed by atoms with Crippen molar-refractivity contribution in [2.75, 3.05) is 18.5 Å². The fraction of sp³-hybridized carbons (Fsp3) is 0.222. The van der Waals surface area contributed by atoms with Crippen molar-refractivity contribution in [2.24, 2.45) is 0 Å². The number of rotatable bonds is 4. The lowest BCUT2D eigenvalue weighted by atomic mass is 10.2. The normalized spacial score (nSPS) is 10.1. The van der Waals surface area contributed by atoms with Crippen molar-refractivity contribution >= 4 is 27.6 Å². The smallest absolute Gasteiger partial charge is 0.336 e. The average molecular weight is 278 g/mol. The van der Waals surface area contributed by atoms with Crippen LogP contribution < -0.4 is 5.32 Å². The third kappa shape index (κ3) is 2.90. The number of halogens is 2. The van der Waals surface area contributed by atoms with Gasteiger partial charge in [0.05, 0.1) is 17.9 Å². The molecule has 6 heteroatoms. The highest BCUT2D eigenvalue weighted by atomic mass is 79.9. The van der Waals surface area contributed by atoms with Crippen molar-refractivity contribution in [3.63, 3.8) is 0 Å². The van der Waals surface area contributed by atoms with Gasteiger partial charge in [0.15, 0.2) is 0 Å². The molecule has 0 radical (unpaired) electrons. The molecule has 82 valence electrons. The molecule has 0 amide bonds. The monoisotopic (exact) mass is 277 g/mol. The standard InChI is InChI=1S/C9H9BrFNO3/c10-6-4-8(12-1-2-13)7(11)3-5(6)9(14)15/h3-4,12-13H,1-2H2,(H,14,15). The Kier molecular flexibility index (Phi) is 4.05. The van der Waals surface area contributed by atoms with Crippen LogP contribution in [-0.2, 0) is 0 Å². The van der Waals surface area contributed by atoms with Gasteiger partial charge in [-0.25, -0.2) is 9.18 Å². The van der Waals surface area contributed by atoms with E-state index in [2.05, 4.69) is 21.2 Å². The molecule has 0 saturated carbocycles. The summed E-state index contributed by atoms with van der Waals surface area (Å²) < 4.78 is 13.6. The number of carboxylic acids is 1. The van der Waals surface area contributed by atoms with E-state index in [1.165, 1.54) is 6.07 Å². The quantitative estimate of drug-likeness (QED) is 0.784. The SMILES string of the molecule is O=C(O)c1cc(F)c(NCCO)cc1Br. The van der Waals surface area contributed by atoms with E-state index in [1.807, 2.05) is 0 Å². The molecule has 1 aromatic carbocycles. The molecule has 0 unspecified atom stereocenters. The Morgan fingerprint density at radius 1 is 1.53 bits per heavy atom. The second-order valence-electron chi connectivity index (χ2n) is 2.77. The van der Waals surface area contributed by atoms with E-state index in [-0.39, 0.29) is 28.9 Å². The van der Waals surface area contributed by atoms with Gasteiger partial charge in [0.25, 0.3) is 0 Å². The Morgan fingerprint density at radius 3 is 2.73 bits per heavy atom. The van der Waals surface area contributed by atoms with Gasteiger partial charge in [0.2, 0.25) is 0 Å². The van der Waals surface area contributed by atoms with Crippen molar-refractivity contribution in [1.29, 1.82) is 0 Å². The second kappa shape index (κ2) is 5.09. The molecular weight excluding hydrogens is 269 g/mol. The summed E-state index contributed by atoms with van der Waals surface area (Å²) in [5.74, 6) is -1.86. The van der Waals surface area contributed by atoms with Gasteiger partial charge in [0.1, 0.15) is 5.82 Å². The molecule has 0 aliphatic rings. The second-order valence-corrected chi connectivity index (χ2v) is 3.62. The highest BCUT2D eigenvalue weighted by molar-refractivity contribution is 9.10. The Balaban J connectivity index is 3.02. The van der Waals surface area contributed by atoms with E-state index in [1.54, 1.807) is 0 Å². The van der Waals surface area contributed by atoms with Crippen molar-refractivity contribution in [2.45, 2.75) is 0 Å². The molecule has 0 aliphatic heterocycles. The summed E-state index contributed by atoms with van der Waals surface area (Å²) in [6.07, 6.45) is 0. The average Bonchev–Trinajstić information content (AvgIpc) is 2.18. The predicted octanol–water partition coefficient (Wildman–Crippen LogP) is 1.69. The highest BCUT2D eigenvalue weighted by Gasteiger charge is 2.12. The molecule has 0 aliphatic carbocycles. The van der Waals surface area contributed by atoms with Gasteiger partial charge >= 0.3 is 5.97 Å². The maximum Gasteiger partial charge on any atom is 0.336 e. The van der Waals surface area contributed by atoms with E-state index in [0.29, 0.717) is 0 Å². The number of carbonyl (C=O) groups is 1. The predicted molar refractivity (Wildman–Crippen MR) is 56.6 cm³/mol. The zero-order valence-electron chi connectivity index (χ0n) is 7.63. The topological polar surface area (TPSA) is 69.6 Å². The van der Waals surface area contributed by atoms with Crippen LogP contribution in [0, 0.1) is 5.82 Å². The molecule has 0 bridgehead atoms. The van der Waals surface area contributed by atoms with Gasteiger partial charge in [-0.1, -0.05) is 0 Å². The van der Waals surface area contributed by atoms with E-state index in [0.717, 1.165) is 6.07 Å². The summed E-state index contributed by atoms with van der Waals surface area (Å²) >= 11 is 3.02. The highest BCUT2D eigenvalue weighted by Crippen LogP contribution is 2.24. The van der Waals surface area contributed by atoms with Crippen molar-refractivity contribution in [3.05, 3.63) is 28.0 Å². The number of carboxylic acid groups (broad SMARTS) is 1. The molecular formula is C9H9BrFNO3. The van der Waals surface area contributed by atoms with Crippen LogP contribution in [0.2, 0.25) is 0 Å². The molecule has 0 aromatic heterocycles. The first-order valence-corrected chi connectivity index (χ1v) is 4.92. The Morgan fingerprint density at radius 2 is 2.20 bits per heavy atom. The minimum atomic E-state index is -1.20. The van der Waals surface area contributed by atoms with Crippen LogP contribution in [-0.4, -0.2) is 29.3 Å². The van der Waals surface area contributed by atoms with Crippen LogP contribution in [0.25, 0.3) is 0 Å². The van der Waals surface area contributed by atoms with Crippen LogP contribution in [0.15, 0.2) is 16.6 Å². The lowest BCUT2D eigenvalue weighted by Gasteiger charge is -2.08. The maximum absolute atomic E-state index is 13.3. The lowest BCUT2D eigenvalue weighted by molar-refractivity contribution is 0.0695. The Bertz CT molecular complexity index is 384. The van der Waals surface area contributed by atoms with Crippen molar-refractivity contribution in [1.82, 2.24) is 0 Å². The minimum absolute atomic E-state index is 0.127. The largest absolute Gasteiger partial charge is 0.478 e. The molecule has 0 heterocycles. The number of hydrogen-bond acceptors (Lipinski definition) is 3. The molecule has 0 atom stereocenters. The number of hydrogen-bond donors (Lipinski definition) is 3. The first kappa shape index (κ1) is 11.9. The molecule has 3 N–H and O–H groups in total. The molecule has 0 spiro atoms. The number of benzene rings is 1. The van der Waals surface area contributed by atoms with Gasteiger partial charge in [-0.15, -0.1) is 0 Å². The first-order valence-electron chi connectivity index (χ1n) is 4.13. The third-order valence-corrected chi connectivity index (χ3v) is 2.37. The maximum atomic E-state index is 13.3. The zero-order valence-corrected chi connectivity index (χ0v) is 9.21. The summed E-state index contributed by atoms with van der Waals surface area (Å²) in [6.45, 7) is 0.0769. The van der Waals surface area contributed by atoms with E-state index in [9.17, 15) is 9.18 Å². The number of aliphatic hydroxyl groups is 1. The van der Waals surface area contributed by atoms with E-state index < -0.39 is 11.8 Å².